The number of nitrogens with one attached hydrogen (secondary N) is 2. The second-order valence-corrected chi connectivity index (χ2v) is 6.99. The number of carbonyl (C=O) groups excluding carboxylic acids is 2. The Balaban J connectivity index is 1.65. The second-order valence-electron chi connectivity index (χ2n) is 4.70. The number of amides is 2. The van der Waals surface area contributed by atoms with Gasteiger partial charge in [-0.05, 0) is 42.5 Å². The van der Waals surface area contributed by atoms with Crippen molar-refractivity contribution in [2.75, 3.05) is 10.6 Å². The van der Waals surface area contributed by atoms with E-state index in [9.17, 15) is 9.59 Å². The molecular formula is C16H10Cl2N2O3S. The number of hydrogen-bond acceptors (Lipinski definition) is 4. The van der Waals surface area contributed by atoms with Crippen LogP contribution < -0.4 is 10.6 Å². The van der Waals surface area contributed by atoms with Gasteiger partial charge in [-0.3, -0.25) is 9.59 Å². The van der Waals surface area contributed by atoms with Gasteiger partial charge in [-0.15, -0.1) is 11.3 Å². The fourth-order valence-corrected chi connectivity index (χ4v) is 3.39. The van der Waals surface area contributed by atoms with Crippen molar-refractivity contribution >= 4 is 57.7 Å². The standard InChI is InChI=1S/C16H10Cl2N2O3S/c17-13-8-11(14(18)24-13)15(21)19-9-3-5-10(6-4-9)20-16(22)12-2-1-7-23-12/h1-8H,(H,19,21)(H,20,22). The fraction of sp³-hybridized carbons (Fsp3) is 0. The van der Waals surface area contributed by atoms with Crippen LogP contribution in [0.15, 0.2) is 53.1 Å². The first-order chi connectivity index (χ1) is 11.5. The maximum Gasteiger partial charge on any atom is 0.291 e. The summed E-state index contributed by atoms with van der Waals surface area (Å²) in [5, 5.41) is 5.40. The van der Waals surface area contributed by atoms with E-state index >= 15 is 0 Å². The van der Waals surface area contributed by atoms with E-state index in [1.165, 1.54) is 12.3 Å². The first-order valence-corrected chi connectivity index (χ1v) is 8.31. The Morgan fingerprint density at radius 1 is 0.958 bits per heavy atom. The molecule has 122 valence electrons. The number of carbonyl (C=O) groups is 2. The van der Waals surface area contributed by atoms with Crippen LogP contribution in [0.25, 0.3) is 0 Å². The van der Waals surface area contributed by atoms with E-state index in [-0.39, 0.29) is 17.6 Å². The van der Waals surface area contributed by atoms with Crippen LogP contribution in [0.1, 0.15) is 20.9 Å². The van der Waals surface area contributed by atoms with E-state index in [2.05, 4.69) is 10.6 Å². The molecule has 2 aromatic heterocycles. The Labute approximate surface area is 151 Å². The molecule has 0 radical (unpaired) electrons. The van der Waals surface area contributed by atoms with Gasteiger partial charge in [0.15, 0.2) is 5.76 Å². The van der Waals surface area contributed by atoms with E-state index in [0.717, 1.165) is 11.3 Å². The van der Waals surface area contributed by atoms with E-state index in [4.69, 9.17) is 27.6 Å². The third-order valence-corrected chi connectivity index (χ3v) is 4.53. The van der Waals surface area contributed by atoms with Gasteiger partial charge in [-0.1, -0.05) is 23.2 Å². The predicted molar refractivity (Wildman–Crippen MR) is 95.4 cm³/mol. The summed E-state index contributed by atoms with van der Waals surface area (Å²) >= 11 is 12.9. The molecule has 2 heterocycles. The molecule has 0 aliphatic heterocycles. The molecule has 2 amide bonds. The van der Waals surface area contributed by atoms with Crippen molar-refractivity contribution in [2.45, 2.75) is 0 Å². The molecule has 0 atom stereocenters. The quantitative estimate of drug-likeness (QED) is 0.656. The summed E-state index contributed by atoms with van der Waals surface area (Å²) in [7, 11) is 0. The third-order valence-electron chi connectivity index (χ3n) is 3.05. The van der Waals surface area contributed by atoms with Gasteiger partial charge < -0.3 is 15.1 Å². The zero-order valence-corrected chi connectivity index (χ0v) is 14.3. The molecule has 3 aromatic rings. The van der Waals surface area contributed by atoms with Crippen molar-refractivity contribution < 1.29 is 14.0 Å². The molecular weight excluding hydrogens is 371 g/mol. The smallest absolute Gasteiger partial charge is 0.291 e. The molecule has 0 bridgehead atoms. The highest BCUT2D eigenvalue weighted by Gasteiger charge is 2.14. The molecule has 0 saturated carbocycles. The highest BCUT2D eigenvalue weighted by molar-refractivity contribution is 7.20. The highest BCUT2D eigenvalue weighted by atomic mass is 35.5. The number of benzene rings is 1. The Morgan fingerprint density at radius 3 is 2.08 bits per heavy atom. The molecule has 0 unspecified atom stereocenters. The molecule has 1 aromatic carbocycles. The Morgan fingerprint density at radius 2 is 1.58 bits per heavy atom. The Kier molecular flexibility index (Phi) is 4.89. The minimum Gasteiger partial charge on any atom is -0.459 e. The maximum atomic E-state index is 12.1. The summed E-state index contributed by atoms with van der Waals surface area (Å²) in [6.45, 7) is 0. The highest BCUT2D eigenvalue weighted by Crippen LogP contribution is 2.31. The van der Waals surface area contributed by atoms with E-state index in [1.807, 2.05) is 0 Å². The van der Waals surface area contributed by atoms with Crippen LogP contribution in [0.2, 0.25) is 8.67 Å². The van der Waals surface area contributed by atoms with Gasteiger partial charge in [0.2, 0.25) is 0 Å². The summed E-state index contributed by atoms with van der Waals surface area (Å²) in [6, 6.07) is 11.4. The third kappa shape index (κ3) is 3.79. The normalized spacial score (nSPS) is 10.4. The predicted octanol–water partition coefficient (Wildman–Crippen LogP) is 5.15. The number of rotatable bonds is 4. The summed E-state index contributed by atoms with van der Waals surface area (Å²) in [5.74, 6) is -0.483. The SMILES string of the molecule is O=C(Nc1ccc(NC(=O)c2cc(Cl)sc2Cl)cc1)c1ccco1. The summed E-state index contributed by atoms with van der Waals surface area (Å²) in [5.41, 5.74) is 1.46. The van der Waals surface area contributed by atoms with Gasteiger partial charge in [-0.25, -0.2) is 0 Å². The van der Waals surface area contributed by atoms with Crippen LogP contribution in [0.5, 0.6) is 0 Å². The van der Waals surface area contributed by atoms with Gasteiger partial charge in [0.05, 0.1) is 16.2 Å². The average Bonchev–Trinajstić information content (AvgIpc) is 3.19. The molecule has 0 saturated heterocycles. The monoisotopic (exact) mass is 380 g/mol. The lowest BCUT2D eigenvalue weighted by Crippen LogP contribution is -2.12. The van der Waals surface area contributed by atoms with E-state index < -0.39 is 0 Å². The maximum absolute atomic E-state index is 12.1. The zero-order valence-electron chi connectivity index (χ0n) is 12.0. The van der Waals surface area contributed by atoms with Crippen LogP contribution >= 0.6 is 34.5 Å². The topological polar surface area (TPSA) is 71.3 Å². The van der Waals surface area contributed by atoms with Crippen LogP contribution in [-0.2, 0) is 0 Å². The lowest BCUT2D eigenvalue weighted by molar-refractivity contribution is 0.0994. The van der Waals surface area contributed by atoms with Crippen LogP contribution in [0.4, 0.5) is 11.4 Å². The van der Waals surface area contributed by atoms with Crippen molar-refractivity contribution in [3.8, 4) is 0 Å². The van der Waals surface area contributed by atoms with Crippen molar-refractivity contribution in [2.24, 2.45) is 0 Å². The molecule has 0 aliphatic rings. The first-order valence-electron chi connectivity index (χ1n) is 6.74. The average molecular weight is 381 g/mol. The second kappa shape index (κ2) is 7.09. The number of furan rings is 1. The summed E-state index contributed by atoms with van der Waals surface area (Å²) in [4.78, 5) is 24.0. The van der Waals surface area contributed by atoms with Crippen molar-refractivity contribution in [1.29, 1.82) is 0 Å². The van der Waals surface area contributed by atoms with Gasteiger partial charge in [0.25, 0.3) is 11.8 Å². The molecule has 0 fully saturated rings. The van der Waals surface area contributed by atoms with Gasteiger partial charge in [0.1, 0.15) is 4.34 Å². The van der Waals surface area contributed by atoms with Crippen molar-refractivity contribution in [1.82, 2.24) is 0 Å². The lowest BCUT2D eigenvalue weighted by atomic mass is 10.2. The van der Waals surface area contributed by atoms with Crippen LogP contribution in [0.3, 0.4) is 0 Å². The molecule has 8 heteroatoms. The minimum atomic E-state index is -0.351. The van der Waals surface area contributed by atoms with Gasteiger partial charge >= 0.3 is 0 Å². The number of halogens is 2. The lowest BCUT2D eigenvalue weighted by Gasteiger charge is -2.07. The zero-order chi connectivity index (χ0) is 17.1. The molecule has 0 spiro atoms. The van der Waals surface area contributed by atoms with Crippen molar-refractivity contribution in [3.63, 3.8) is 0 Å². The largest absolute Gasteiger partial charge is 0.459 e. The number of thiophene rings is 1. The molecule has 2 N–H and O–H groups in total. The number of hydrogen-bond donors (Lipinski definition) is 2. The first kappa shape index (κ1) is 16.6. The van der Waals surface area contributed by atoms with E-state index in [1.54, 1.807) is 36.4 Å². The number of anilines is 2. The van der Waals surface area contributed by atoms with Gasteiger partial charge in [0, 0.05) is 11.4 Å². The van der Waals surface area contributed by atoms with Crippen LogP contribution in [0, 0.1) is 0 Å². The molecule has 5 nitrogen and oxygen atoms in total. The van der Waals surface area contributed by atoms with E-state index in [0.29, 0.717) is 25.6 Å². The minimum absolute atomic E-state index is 0.219. The molecule has 3 rings (SSSR count). The summed E-state index contributed by atoms with van der Waals surface area (Å²) < 4.78 is 5.79. The molecule has 0 aliphatic carbocycles. The Bertz CT molecular complexity index is 873. The summed E-state index contributed by atoms with van der Waals surface area (Å²) in [6.07, 6.45) is 1.43. The van der Waals surface area contributed by atoms with Gasteiger partial charge in [-0.2, -0.15) is 0 Å². The molecule has 24 heavy (non-hydrogen) atoms. The van der Waals surface area contributed by atoms with Crippen molar-refractivity contribution in [3.05, 3.63) is 68.7 Å². The Hall–Kier alpha value is -2.28. The van der Waals surface area contributed by atoms with Crippen LogP contribution in [-0.4, -0.2) is 11.8 Å². The fourth-order valence-electron chi connectivity index (χ4n) is 1.93.